The standard InChI is InChI=1S/C8H14O4S/c1-3-6(8(11)12-4-2)13-5-7(9)10/h6H,3-5H2,1-2H3,(H,9,10). The molecule has 4 nitrogen and oxygen atoms in total. The molecule has 1 atom stereocenters. The van der Waals surface area contributed by atoms with Gasteiger partial charge in [-0.1, -0.05) is 6.92 Å². The van der Waals surface area contributed by atoms with Crippen molar-refractivity contribution < 1.29 is 19.4 Å². The first-order valence-corrected chi connectivity index (χ1v) is 5.16. The maximum atomic E-state index is 11.2. The molecule has 0 aliphatic rings. The van der Waals surface area contributed by atoms with Gasteiger partial charge in [0.1, 0.15) is 5.25 Å². The van der Waals surface area contributed by atoms with Crippen LogP contribution in [0.3, 0.4) is 0 Å². The van der Waals surface area contributed by atoms with Gasteiger partial charge in [0.15, 0.2) is 0 Å². The van der Waals surface area contributed by atoms with Gasteiger partial charge in [-0.15, -0.1) is 11.8 Å². The topological polar surface area (TPSA) is 63.6 Å². The van der Waals surface area contributed by atoms with Gasteiger partial charge in [-0.25, -0.2) is 0 Å². The van der Waals surface area contributed by atoms with E-state index < -0.39 is 5.97 Å². The van der Waals surface area contributed by atoms with E-state index in [1.165, 1.54) is 0 Å². The minimum absolute atomic E-state index is 0.0582. The zero-order valence-corrected chi connectivity index (χ0v) is 8.60. The van der Waals surface area contributed by atoms with E-state index >= 15 is 0 Å². The Hall–Kier alpha value is -0.710. The van der Waals surface area contributed by atoms with Gasteiger partial charge in [0.2, 0.25) is 0 Å². The fourth-order valence-corrected chi connectivity index (χ4v) is 1.54. The Labute approximate surface area is 81.6 Å². The van der Waals surface area contributed by atoms with Crippen molar-refractivity contribution in [2.75, 3.05) is 12.4 Å². The van der Waals surface area contributed by atoms with E-state index in [2.05, 4.69) is 0 Å². The lowest BCUT2D eigenvalue weighted by molar-refractivity contribution is -0.142. The van der Waals surface area contributed by atoms with Crippen LogP contribution in [0.2, 0.25) is 0 Å². The predicted molar refractivity (Wildman–Crippen MR) is 50.8 cm³/mol. The molecular weight excluding hydrogens is 192 g/mol. The van der Waals surface area contributed by atoms with E-state index in [0.29, 0.717) is 13.0 Å². The second kappa shape index (κ2) is 6.77. The second-order valence-electron chi connectivity index (χ2n) is 2.35. The largest absolute Gasteiger partial charge is 0.481 e. The lowest BCUT2D eigenvalue weighted by Crippen LogP contribution is -2.21. The Balaban J connectivity index is 3.87. The highest BCUT2D eigenvalue weighted by atomic mass is 32.2. The number of hydrogen-bond acceptors (Lipinski definition) is 4. The van der Waals surface area contributed by atoms with Crippen molar-refractivity contribution in [2.45, 2.75) is 25.5 Å². The molecule has 0 fully saturated rings. The molecule has 0 aliphatic carbocycles. The molecule has 76 valence electrons. The number of carbonyl (C=O) groups is 2. The summed E-state index contributed by atoms with van der Waals surface area (Å²) >= 11 is 1.10. The van der Waals surface area contributed by atoms with Crippen LogP contribution in [-0.2, 0) is 14.3 Å². The molecule has 1 unspecified atom stereocenters. The summed E-state index contributed by atoms with van der Waals surface area (Å²) in [6.07, 6.45) is 0.594. The second-order valence-corrected chi connectivity index (χ2v) is 3.54. The molecule has 5 heteroatoms. The van der Waals surface area contributed by atoms with Gasteiger partial charge < -0.3 is 9.84 Å². The minimum Gasteiger partial charge on any atom is -0.481 e. The highest BCUT2D eigenvalue weighted by Gasteiger charge is 2.18. The molecule has 0 bridgehead atoms. The van der Waals surface area contributed by atoms with Gasteiger partial charge in [-0.05, 0) is 13.3 Å². The summed E-state index contributed by atoms with van der Waals surface area (Å²) in [5, 5.41) is 8.05. The Morgan fingerprint density at radius 1 is 1.46 bits per heavy atom. The minimum atomic E-state index is -0.909. The first-order valence-electron chi connectivity index (χ1n) is 4.11. The van der Waals surface area contributed by atoms with Crippen molar-refractivity contribution in [3.8, 4) is 0 Å². The fourth-order valence-electron chi connectivity index (χ4n) is 0.760. The van der Waals surface area contributed by atoms with Crippen molar-refractivity contribution in [2.24, 2.45) is 0 Å². The smallest absolute Gasteiger partial charge is 0.319 e. The summed E-state index contributed by atoms with van der Waals surface area (Å²) < 4.78 is 4.77. The normalized spacial score (nSPS) is 12.2. The first kappa shape index (κ1) is 12.3. The molecule has 0 radical (unpaired) electrons. The molecular formula is C8H14O4S. The molecule has 0 aromatic carbocycles. The molecule has 0 rings (SSSR count). The molecule has 0 aliphatic heterocycles. The third kappa shape index (κ3) is 5.52. The molecule has 0 aromatic rings. The van der Waals surface area contributed by atoms with E-state index in [9.17, 15) is 9.59 Å². The molecule has 0 amide bonds. The quantitative estimate of drug-likeness (QED) is 0.660. The molecule has 0 aromatic heterocycles. The van der Waals surface area contributed by atoms with Crippen LogP contribution in [0.4, 0.5) is 0 Å². The highest BCUT2D eigenvalue weighted by molar-refractivity contribution is 8.01. The Morgan fingerprint density at radius 3 is 2.46 bits per heavy atom. The number of carboxylic acid groups (broad SMARTS) is 1. The molecule has 13 heavy (non-hydrogen) atoms. The van der Waals surface area contributed by atoms with Crippen LogP contribution in [0.15, 0.2) is 0 Å². The number of hydrogen-bond donors (Lipinski definition) is 1. The lowest BCUT2D eigenvalue weighted by Gasteiger charge is -2.11. The van der Waals surface area contributed by atoms with Gasteiger partial charge in [0, 0.05) is 0 Å². The zero-order chi connectivity index (χ0) is 10.3. The van der Waals surface area contributed by atoms with E-state index in [0.717, 1.165) is 11.8 Å². The van der Waals surface area contributed by atoms with Crippen LogP contribution >= 0.6 is 11.8 Å². The SMILES string of the molecule is CCOC(=O)C(CC)SCC(=O)O. The molecule has 0 spiro atoms. The van der Waals surface area contributed by atoms with Gasteiger partial charge in [-0.3, -0.25) is 9.59 Å². The van der Waals surface area contributed by atoms with Gasteiger partial charge in [0.05, 0.1) is 12.4 Å². The average molecular weight is 206 g/mol. The van der Waals surface area contributed by atoms with Crippen LogP contribution in [-0.4, -0.2) is 34.7 Å². The summed E-state index contributed by atoms with van der Waals surface area (Å²) in [5.74, 6) is -1.29. The fraction of sp³-hybridized carbons (Fsp3) is 0.750. The number of ether oxygens (including phenoxy) is 1. The number of carbonyl (C=O) groups excluding carboxylic acids is 1. The summed E-state index contributed by atoms with van der Waals surface area (Å²) in [6, 6.07) is 0. The molecule has 0 saturated carbocycles. The number of esters is 1. The summed E-state index contributed by atoms with van der Waals surface area (Å²) in [5.41, 5.74) is 0. The van der Waals surface area contributed by atoms with E-state index in [-0.39, 0.29) is 17.0 Å². The van der Waals surface area contributed by atoms with E-state index in [4.69, 9.17) is 9.84 Å². The van der Waals surface area contributed by atoms with Crippen LogP contribution in [0, 0.1) is 0 Å². The van der Waals surface area contributed by atoms with Crippen LogP contribution < -0.4 is 0 Å². The molecule has 0 saturated heterocycles. The summed E-state index contributed by atoms with van der Waals surface area (Å²) in [6.45, 7) is 3.89. The Morgan fingerprint density at radius 2 is 2.08 bits per heavy atom. The third-order valence-corrected chi connectivity index (χ3v) is 2.67. The first-order chi connectivity index (χ1) is 6.11. The number of carboxylic acids is 1. The summed E-state index contributed by atoms with van der Waals surface area (Å²) in [4.78, 5) is 21.4. The Bertz CT molecular complexity index is 181. The van der Waals surface area contributed by atoms with Crippen LogP contribution in [0.5, 0.6) is 0 Å². The number of rotatable bonds is 6. The zero-order valence-electron chi connectivity index (χ0n) is 7.78. The van der Waals surface area contributed by atoms with Gasteiger partial charge >= 0.3 is 11.9 Å². The highest BCUT2D eigenvalue weighted by Crippen LogP contribution is 2.15. The molecule has 1 N–H and O–H groups in total. The van der Waals surface area contributed by atoms with Crippen molar-refractivity contribution in [1.29, 1.82) is 0 Å². The van der Waals surface area contributed by atoms with Gasteiger partial charge in [-0.2, -0.15) is 0 Å². The van der Waals surface area contributed by atoms with Crippen molar-refractivity contribution in [1.82, 2.24) is 0 Å². The number of aliphatic carboxylic acids is 1. The maximum Gasteiger partial charge on any atom is 0.319 e. The third-order valence-electron chi connectivity index (χ3n) is 1.33. The maximum absolute atomic E-state index is 11.2. The van der Waals surface area contributed by atoms with Crippen molar-refractivity contribution in [3.63, 3.8) is 0 Å². The van der Waals surface area contributed by atoms with Crippen LogP contribution in [0.25, 0.3) is 0 Å². The predicted octanol–water partition coefficient (Wildman–Crippen LogP) is 1.15. The summed E-state index contributed by atoms with van der Waals surface area (Å²) in [7, 11) is 0. The van der Waals surface area contributed by atoms with Gasteiger partial charge in [0.25, 0.3) is 0 Å². The van der Waals surface area contributed by atoms with Crippen molar-refractivity contribution >= 4 is 23.7 Å². The van der Waals surface area contributed by atoms with E-state index in [1.807, 2.05) is 6.92 Å². The monoisotopic (exact) mass is 206 g/mol. The Kier molecular flexibility index (Phi) is 6.40. The average Bonchev–Trinajstić information content (AvgIpc) is 2.05. The molecule has 0 heterocycles. The lowest BCUT2D eigenvalue weighted by atomic mass is 10.3. The van der Waals surface area contributed by atoms with Crippen LogP contribution in [0.1, 0.15) is 20.3 Å². The van der Waals surface area contributed by atoms with E-state index in [1.54, 1.807) is 6.92 Å². The number of thioether (sulfide) groups is 1. The van der Waals surface area contributed by atoms with Crippen molar-refractivity contribution in [3.05, 3.63) is 0 Å².